The maximum absolute atomic E-state index is 12.4. The summed E-state index contributed by atoms with van der Waals surface area (Å²) in [7, 11) is 1.61. The molecule has 1 aliphatic heterocycles. The van der Waals surface area contributed by atoms with E-state index in [2.05, 4.69) is 5.32 Å². The van der Waals surface area contributed by atoms with Crippen LogP contribution in [0.1, 0.15) is 28.8 Å². The van der Waals surface area contributed by atoms with Crippen molar-refractivity contribution in [2.45, 2.75) is 25.6 Å². The number of hydrogen-bond donors (Lipinski definition) is 1. The van der Waals surface area contributed by atoms with Crippen LogP contribution in [0.25, 0.3) is 0 Å². The Labute approximate surface area is 147 Å². The van der Waals surface area contributed by atoms with Gasteiger partial charge in [0, 0.05) is 24.3 Å². The minimum Gasteiger partial charge on any atom is -0.496 e. The highest BCUT2D eigenvalue weighted by atomic mass is 16.5. The highest BCUT2D eigenvalue weighted by molar-refractivity contribution is 5.94. The zero-order valence-electron chi connectivity index (χ0n) is 14.4. The summed E-state index contributed by atoms with van der Waals surface area (Å²) in [5.41, 5.74) is 1.42. The second-order valence-corrected chi connectivity index (χ2v) is 5.97. The Balaban J connectivity index is 1.64. The third-order valence-electron chi connectivity index (χ3n) is 4.19. The first-order valence-electron chi connectivity index (χ1n) is 8.51. The maximum atomic E-state index is 12.4. The molecule has 2 aromatic rings. The van der Waals surface area contributed by atoms with Gasteiger partial charge in [0.25, 0.3) is 5.91 Å². The molecule has 0 saturated carbocycles. The van der Waals surface area contributed by atoms with Crippen LogP contribution in [-0.2, 0) is 11.3 Å². The molecule has 5 nitrogen and oxygen atoms in total. The van der Waals surface area contributed by atoms with Gasteiger partial charge in [0.15, 0.2) is 0 Å². The Hall–Kier alpha value is -2.53. The predicted molar refractivity (Wildman–Crippen MR) is 95.1 cm³/mol. The SMILES string of the molecule is COc1ccc(C(=O)NCC2CCCO2)cc1COc1ccccc1. The van der Waals surface area contributed by atoms with E-state index >= 15 is 0 Å². The molecule has 0 radical (unpaired) electrons. The molecule has 0 aliphatic carbocycles. The molecule has 0 spiro atoms. The van der Waals surface area contributed by atoms with Crippen molar-refractivity contribution in [1.82, 2.24) is 5.32 Å². The van der Waals surface area contributed by atoms with Crippen LogP contribution in [0.5, 0.6) is 11.5 Å². The molecule has 2 aromatic carbocycles. The van der Waals surface area contributed by atoms with E-state index in [9.17, 15) is 4.79 Å². The van der Waals surface area contributed by atoms with E-state index in [-0.39, 0.29) is 12.0 Å². The van der Waals surface area contributed by atoms with Gasteiger partial charge in [-0.05, 0) is 43.2 Å². The Kier molecular flexibility index (Phi) is 5.90. The van der Waals surface area contributed by atoms with Crippen LogP contribution in [0.4, 0.5) is 0 Å². The standard InChI is InChI=1S/C20H23NO4/c1-23-19-10-9-15(20(22)21-13-18-8-5-11-24-18)12-16(19)14-25-17-6-3-2-4-7-17/h2-4,6-7,9-10,12,18H,5,8,11,13-14H2,1H3,(H,21,22). The van der Waals surface area contributed by atoms with E-state index < -0.39 is 0 Å². The summed E-state index contributed by atoms with van der Waals surface area (Å²) in [6.07, 6.45) is 2.19. The van der Waals surface area contributed by atoms with Crippen molar-refractivity contribution in [3.8, 4) is 11.5 Å². The first-order valence-corrected chi connectivity index (χ1v) is 8.51. The van der Waals surface area contributed by atoms with Crippen molar-refractivity contribution < 1.29 is 19.0 Å². The number of ether oxygens (including phenoxy) is 3. The van der Waals surface area contributed by atoms with Crippen molar-refractivity contribution in [1.29, 1.82) is 0 Å². The number of hydrogen-bond acceptors (Lipinski definition) is 4. The molecule has 1 amide bonds. The second-order valence-electron chi connectivity index (χ2n) is 5.97. The molecule has 3 rings (SSSR count). The first-order chi connectivity index (χ1) is 12.3. The molecule has 1 heterocycles. The van der Waals surface area contributed by atoms with Gasteiger partial charge in [0.1, 0.15) is 18.1 Å². The van der Waals surface area contributed by atoms with Gasteiger partial charge in [0.05, 0.1) is 13.2 Å². The minimum absolute atomic E-state index is 0.112. The van der Waals surface area contributed by atoms with Crippen LogP contribution < -0.4 is 14.8 Å². The van der Waals surface area contributed by atoms with Crippen LogP contribution in [0, 0.1) is 0 Å². The summed E-state index contributed by atoms with van der Waals surface area (Å²) in [6, 6.07) is 14.9. The fourth-order valence-electron chi connectivity index (χ4n) is 2.82. The van der Waals surface area contributed by atoms with Crippen molar-refractivity contribution in [3.63, 3.8) is 0 Å². The van der Waals surface area contributed by atoms with E-state index in [1.165, 1.54) is 0 Å². The highest BCUT2D eigenvalue weighted by Crippen LogP contribution is 2.22. The molecule has 0 bridgehead atoms. The van der Waals surface area contributed by atoms with Gasteiger partial charge in [0.2, 0.25) is 0 Å². The molecular formula is C20H23NO4. The number of rotatable bonds is 7. The summed E-state index contributed by atoms with van der Waals surface area (Å²) in [5, 5.41) is 2.93. The number of methoxy groups -OCH3 is 1. The molecule has 1 saturated heterocycles. The summed E-state index contributed by atoms with van der Waals surface area (Å²) in [5.74, 6) is 1.36. The molecule has 1 N–H and O–H groups in total. The number of carbonyl (C=O) groups excluding carboxylic acids is 1. The van der Waals surface area contributed by atoms with Gasteiger partial charge in [-0.2, -0.15) is 0 Å². The first kappa shape index (κ1) is 17.3. The largest absolute Gasteiger partial charge is 0.496 e. The summed E-state index contributed by atoms with van der Waals surface area (Å²) < 4.78 is 16.7. The summed E-state index contributed by atoms with van der Waals surface area (Å²) >= 11 is 0. The zero-order chi connectivity index (χ0) is 17.5. The normalized spacial score (nSPS) is 16.4. The lowest BCUT2D eigenvalue weighted by Crippen LogP contribution is -2.31. The molecule has 1 fully saturated rings. The van der Waals surface area contributed by atoms with Gasteiger partial charge in [-0.15, -0.1) is 0 Å². The van der Waals surface area contributed by atoms with E-state index in [4.69, 9.17) is 14.2 Å². The Morgan fingerprint density at radius 1 is 1.24 bits per heavy atom. The quantitative estimate of drug-likeness (QED) is 0.840. The number of para-hydroxylation sites is 1. The van der Waals surface area contributed by atoms with E-state index in [1.54, 1.807) is 19.2 Å². The summed E-state index contributed by atoms with van der Waals surface area (Å²) in [6.45, 7) is 1.66. The lowest BCUT2D eigenvalue weighted by atomic mass is 10.1. The average molecular weight is 341 g/mol. The lowest BCUT2D eigenvalue weighted by Gasteiger charge is -2.14. The van der Waals surface area contributed by atoms with Gasteiger partial charge in [-0.1, -0.05) is 18.2 Å². The van der Waals surface area contributed by atoms with Gasteiger partial charge in [-0.25, -0.2) is 0 Å². The van der Waals surface area contributed by atoms with E-state index in [0.29, 0.717) is 24.5 Å². The van der Waals surface area contributed by atoms with Gasteiger partial charge >= 0.3 is 0 Å². The average Bonchev–Trinajstić information content (AvgIpc) is 3.18. The van der Waals surface area contributed by atoms with Crippen molar-refractivity contribution in [2.24, 2.45) is 0 Å². The van der Waals surface area contributed by atoms with Crippen molar-refractivity contribution in [3.05, 3.63) is 59.7 Å². The van der Waals surface area contributed by atoms with Crippen molar-refractivity contribution >= 4 is 5.91 Å². The lowest BCUT2D eigenvalue weighted by molar-refractivity contribution is 0.0857. The third-order valence-corrected chi connectivity index (χ3v) is 4.19. The molecule has 5 heteroatoms. The Morgan fingerprint density at radius 3 is 2.80 bits per heavy atom. The summed E-state index contributed by atoms with van der Waals surface area (Å²) in [4.78, 5) is 12.4. The molecular weight excluding hydrogens is 318 g/mol. The van der Waals surface area contributed by atoms with E-state index in [1.807, 2.05) is 36.4 Å². The molecule has 1 aliphatic rings. The van der Waals surface area contributed by atoms with Crippen LogP contribution in [-0.4, -0.2) is 32.3 Å². The predicted octanol–water partition coefficient (Wildman–Crippen LogP) is 3.18. The molecule has 0 aromatic heterocycles. The van der Waals surface area contributed by atoms with Crippen LogP contribution >= 0.6 is 0 Å². The zero-order valence-corrected chi connectivity index (χ0v) is 14.4. The number of carbonyl (C=O) groups is 1. The van der Waals surface area contributed by atoms with Gasteiger partial charge in [-0.3, -0.25) is 4.79 Å². The number of benzene rings is 2. The minimum atomic E-state index is -0.112. The third kappa shape index (κ3) is 4.73. The molecule has 1 unspecified atom stereocenters. The fraction of sp³-hybridized carbons (Fsp3) is 0.350. The molecule has 132 valence electrons. The number of amides is 1. The van der Waals surface area contributed by atoms with Gasteiger partial charge < -0.3 is 19.5 Å². The monoisotopic (exact) mass is 341 g/mol. The van der Waals surface area contributed by atoms with Crippen molar-refractivity contribution in [2.75, 3.05) is 20.3 Å². The van der Waals surface area contributed by atoms with Crippen LogP contribution in [0.3, 0.4) is 0 Å². The topological polar surface area (TPSA) is 56.8 Å². The number of nitrogens with one attached hydrogen (secondary N) is 1. The maximum Gasteiger partial charge on any atom is 0.251 e. The van der Waals surface area contributed by atoms with Crippen LogP contribution in [0.2, 0.25) is 0 Å². The second kappa shape index (κ2) is 8.53. The highest BCUT2D eigenvalue weighted by Gasteiger charge is 2.17. The Bertz CT molecular complexity index is 696. The molecule has 1 atom stereocenters. The molecule has 25 heavy (non-hydrogen) atoms. The van der Waals surface area contributed by atoms with E-state index in [0.717, 1.165) is 30.8 Å². The fourth-order valence-corrected chi connectivity index (χ4v) is 2.82. The van der Waals surface area contributed by atoms with Crippen LogP contribution in [0.15, 0.2) is 48.5 Å². The smallest absolute Gasteiger partial charge is 0.251 e. The Morgan fingerprint density at radius 2 is 2.08 bits per heavy atom.